The molecule has 2 aliphatic carbocycles. The number of methoxy groups -OCH3 is 1. The van der Waals surface area contributed by atoms with Crippen LogP contribution < -0.4 is 0 Å². The third kappa shape index (κ3) is 3.84. The number of Topliss-reactive ketones (excluding diaryl/α,β-unsaturated/α-hetero) is 1. The van der Waals surface area contributed by atoms with Gasteiger partial charge in [0, 0.05) is 35.3 Å². The number of carbonyl (C=O) groups excluding carboxylic acids is 3. The SMILES string of the molecule is CC[C@H]1[C@@H](O[C@H]2O[C@@H](C)[C@@H](O)[C@@H](O)[C@@H]2OC)c2c(cc3c(c2O)C(=O)c2c(O)cccc2C3=O)C(=O)[C@@]1(C)O. The molecule has 39 heavy (non-hydrogen) atoms. The van der Waals surface area contributed by atoms with Crippen LogP contribution in [0.4, 0.5) is 0 Å². The highest BCUT2D eigenvalue weighted by atomic mass is 16.7. The summed E-state index contributed by atoms with van der Waals surface area (Å²) in [6, 6.07) is 5.17. The second kappa shape index (κ2) is 9.47. The van der Waals surface area contributed by atoms with Crippen LogP contribution in [-0.2, 0) is 14.2 Å². The van der Waals surface area contributed by atoms with E-state index in [0.717, 1.165) is 6.07 Å². The zero-order chi connectivity index (χ0) is 28.5. The standard InChI is InChI=1S/C28H30O11/c1-5-14-24(39-27-25(37-4)23(34)19(30)10(2)38-27)18-13(26(35)28(14,3)36)9-12-17(22(18)33)21(32)16-11(20(12)31)7-6-8-15(16)29/h6-10,14,19,23-25,27,29-30,33-34,36H,5H2,1-4H3/t10-,14-,19+,23+,24+,25-,27+,28-/m0/s1. The Morgan fingerprint density at radius 2 is 1.69 bits per heavy atom. The second-order valence-corrected chi connectivity index (χ2v) is 10.4. The zero-order valence-electron chi connectivity index (χ0n) is 21.7. The van der Waals surface area contributed by atoms with Crippen molar-refractivity contribution in [3.05, 3.63) is 57.6 Å². The molecule has 0 saturated carbocycles. The largest absolute Gasteiger partial charge is 0.507 e. The van der Waals surface area contributed by atoms with Crippen molar-refractivity contribution in [1.29, 1.82) is 0 Å². The monoisotopic (exact) mass is 542 g/mol. The van der Waals surface area contributed by atoms with E-state index in [9.17, 15) is 39.9 Å². The van der Waals surface area contributed by atoms with Gasteiger partial charge in [-0.2, -0.15) is 0 Å². The number of rotatable bonds is 4. The predicted molar refractivity (Wildman–Crippen MR) is 133 cm³/mol. The molecule has 0 unspecified atom stereocenters. The maximum absolute atomic E-state index is 13.6. The molecule has 0 radical (unpaired) electrons. The summed E-state index contributed by atoms with van der Waals surface area (Å²) < 4.78 is 17.3. The third-order valence-electron chi connectivity index (χ3n) is 8.18. The number of aromatic hydroxyl groups is 2. The van der Waals surface area contributed by atoms with Crippen LogP contribution >= 0.6 is 0 Å². The number of hydrogen-bond acceptors (Lipinski definition) is 11. The van der Waals surface area contributed by atoms with Gasteiger partial charge < -0.3 is 39.7 Å². The van der Waals surface area contributed by atoms with Gasteiger partial charge in [0.2, 0.25) is 5.78 Å². The first kappa shape index (κ1) is 27.4. The summed E-state index contributed by atoms with van der Waals surface area (Å²) in [4.78, 5) is 40.4. The van der Waals surface area contributed by atoms with Gasteiger partial charge in [0.15, 0.2) is 17.9 Å². The molecule has 2 aromatic rings. The molecule has 5 N–H and O–H groups in total. The normalized spacial score (nSPS) is 33.9. The Labute approximate surface area is 223 Å². The van der Waals surface area contributed by atoms with E-state index in [1.807, 2.05) is 0 Å². The van der Waals surface area contributed by atoms with Crippen molar-refractivity contribution < 1.29 is 54.1 Å². The summed E-state index contributed by atoms with van der Waals surface area (Å²) in [5.74, 6) is -4.37. The fourth-order valence-electron chi connectivity index (χ4n) is 6.03. The number of fused-ring (bicyclic) bond motifs is 3. The Balaban J connectivity index is 1.71. The number of ether oxygens (including phenoxy) is 3. The summed E-state index contributed by atoms with van der Waals surface area (Å²) in [6.45, 7) is 4.52. The quantitative estimate of drug-likeness (QED) is 0.321. The molecule has 1 aliphatic heterocycles. The zero-order valence-corrected chi connectivity index (χ0v) is 21.7. The van der Waals surface area contributed by atoms with E-state index in [1.54, 1.807) is 6.92 Å². The summed E-state index contributed by atoms with van der Waals surface area (Å²) >= 11 is 0. The minimum absolute atomic E-state index is 0.0822. The average Bonchev–Trinajstić information content (AvgIpc) is 2.88. The third-order valence-corrected chi connectivity index (χ3v) is 8.18. The molecule has 1 fully saturated rings. The molecule has 0 bridgehead atoms. The van der Waals surface area contributed by atoms with Crippen molar-refractivity contribution in [2.45, 2.75) is 69.6 Å². The number of carbonyl (C=O) groups is 3. The van der Waals surface area contributed by atoms with Crippen molar-refractivity contribution in [3.63, 3.8) is 0 Å². The average molecular weight is 543 g/mol. The Hall–Kier alpha value is -3.19. The summed E-state index contributed by atoms with van der Waals surface area (Å²) in [7, 11) is 1.28. The highest BCUT2D eigenvalue weighted by molar-refractivity contribution is 6.31. The van der Waals surface area contributed by atoms with E-state index in [-0.39, 0.29) is 34.2 Å². The number of aliphatic hydroxyl groups is 3. The van der Waals surface area contributed by atoms with E-state index < -0.39 is 82.7 Å². The van der Waals surface area contributed by atoms with Crippen molar-refractivity contribution in [1.82, 2.24) is 0 Å². The molecule has 208 valence electrons. The number of ketones is 3. The first-order valence-corrected chi connectivity index (χ1v) is 12.6. The van der Waals surface area contributed by atoms with Gasteiger partial charge in [-0.3, -0.25) is 14.4 Å². The number of hydrogen-bond donors (Lipinski definition) is 5. The maximum atomic E-state index is 13.6. The van der Waals surface area contributed by atoms with Gasteiger partial charge in [-0.25, -0.2) is 0 Å². The Morgan fingerprint density at radius 1 is 1.00 bits per heavy atom. The van der Waals surface area contributed by atoms with Crippen LogP contribution in [0.1, 0.15) is 81.1 Å². The Bertz CT molecular complexity index is 1380. The van der Waals surface area contributed by atoms with Gasteiger partial charge in [0.1, 0.15) is 35.4 Å². The van der Waals surface area contributed by atoms with E-state index in [0.29, 0.717) is 0 Å². The van der Waals surface area contributed by atoms with Crippen LogP contribution in [-0.4, -0.2) is 86.3 Å². The van der Waals surface area contributed by atoms with E-state index in [4.69, 9.17) is 14.2 Å². The van der Waals surface area contributed by atoms with Crippen LogP contribution in [0.2, 0.25) is 0 Å². The van der Waals surface area contributed by atoms with Crippen LogP contribution in [0.25, 0.3) is 0 Å². The molecule has 3 aliphatic rings. The minimum Gasteiger partial charge on any atom is -0.507 e. The highest BCUT2D eigenvalue weighted by Crippen LogP contribution is 2.51. The fraction of sp³-hybridized carbons (Fsp3) is 0.464. The molecule has 11 heteroatoms. The van der Waals surface area contributed by atoms with Crippen molar-refractivity contribution in [2.24, 2.45) is 5.92 Å². The lowest BCUT2D eigenvalue weighted by molar-refractivity contribution is -0.317. The topological polar surface area (TPSA) is 180 Å². The summed E-state index contributed by atoms with van der Waals surface area (Å²) in [6.07, 6.45) is -7.13. The predicted octanol–water partition coefficient (Wildman–Crippen LogP) is 1.39. The number of phenolic OH excluding ortho intramolecular Hbond substituents is 2. The number of phenols is 2. The Morgan fingerprint density at radius 3 is 2.33 bits per heavy atom. The van der Waals surface area contributed by atoms with E-state index in [2.05, 4.69) is 0 Å². The van der Waals surface area contributed by atoms with Crippen molar-refractivity contribution in [2.75, 3.05) is 7.11 Å². The Kier molecular flexibility index (Phi) is 6.65. The van der Waals surface area contributed by atoms with E-state index >= 15 is 0 Å². The molecule has 8 atom stereocenters. The van der Waals surface area contributed by atoms with Crippen molar-refractivity contribution >= 4 is 17.3 Å². The summed E-state index contributed by atoms with van der Waals surface area (Å²) in [5.41, 5.74) is -3.36. The smallest absolute Gasteiger partial charge is 0.201 e. The first-order valence-electron chi connectivity index (χ1n) is 12.6. The van der Waals surface area contributed by atoms with Gasteiger partial charge in [0.05, 0.1) is 23.3 Å². The van der Waals surface area contributed by atoms with Gasteiger partial charge in [-0.05, 0) is 32.4 Å². The molecule has 5 rings (SSSR count). The van der Waals surface area contributed by atoms with Gasteiger partial charge >= 0.3 is 0 Å². The molecule has 0 spiro atoms. The van der Waals surface area contributed by atoms with Crippen molar-refractivity contribution in [3.8, 4) is 11.5 Å². The number of aliphatic hydroxyl groups excluding tert-OH is 2. The lowest BCUT2D eigenvalue weighted by Gasteiger charge is -2.46. The van der Waals surface area contributed by atoms with Crippen LogP contribution in [0.15, 0.2) is 24.3 Å². The van der Waals surface area contributed by atoms with Gasteiger partial charge in [-0.15, -0.1) is 0 Å². The molecular weight excluding hydrogens is 512 g/mol. The minimum atomic E-state index is -2.01. The lowest BCUT2D eigenvalue weighted by atomic mass is 9.67. The van der Waals surface area contributed by atoms with E-state index in [1.165, 1.54) is 39.2 Å². The molecule has 0 aromatic heterocycles. The summed E-state index contributed by atoms with van der Waals surface area (Å²) in [5, 5.41) is 54.1. The maximum Gasteiger partial charge on any atom is 0.201 e. The fourth-order valence-corrected chi connectivity index (χ4v) is 6.03. The molecule has 1 heterocycles. The van der Waals surface area contributed by atoms with Crippen LogP contribution in [0, 0.1) is 5.92 Å². The molecular formula is C28H30O11. The van der Waals surface area contributed by atoms with Gasteiger partial charge in [0.25, 0.3) is 0 Å². The highest BCUT2D eigenvalue weighted by Gasteiger charge is 2.54. The first-order chi connectivity index (χ1) is 18.4. The molecule has 2 aromatic carbocycles. The number of benzene rings is 2. The molecule has 0 amide bonds. The second-order valence-electron chi connectivity index (χ2n) is 10.4. The molecule has 11 nitrogen and oxygen atoms in total. The van der Waals surface area contributed by atoms with Crippen LogP contribution in [0.3, 0.4) is 0 Å². The van der Waals surface area contributed by atoms with Gasteiger partial charge in [-0.1, -0.05) is 19.1 Å². The lowest BCUT2D eigenvalue weighted by Crippen LogP contribution is -2.59. The molecule has 1 saturated heterocycles. The van der Waals surface area contributed by atoms with Crippen LogP contribution in [0.5, 0.6) is 11.5 Å².